The maximum atomic E-state index is 9.51. The summed E-state index contributed by atoms with van der Waals surface area (Å²) in [6, 6.07) is 4.63. The van der Waals surface area contributed by atoms with Crippen LogP contribution in [0.5, 0.6) is 11.5 Å². The highest BCUT2D eigenvalue weighted by Crippen LogP contribution is 2.24. The van der Waals surface area contributed by atoms with Crippen molar-refractivity contribution in [2.24, 2.45) is 11.7 Å². The second-order valence-corrected chi connectivity index (χ2v) is 3.93. The third kappa shape index (κ3) is 2.64. The van der Waals surface area contributed by atoms with Crippen molar-refractivity contribution < 1.29 is 10.2 Å². The number of phenolic OH excluding ortho intramolecular Hbond substituents is 2. The predicted molar refractivity (Wildman–Crippen MR) is 56.3 cm³/mol. The largest absolute Gasteiger partial charge is 0.508 e. The number of benzene rings is 1. The Morgan fingerprint density at radius 3 is 2.43 bits per heavy atom. The number of rotatable bonds is 3. The highest BCUT2D eigenvalue weighted by atomic mass is 16.3. The van der Waals surface area contributed by atoms with E-state index in [1.807, 2.05) is 13.8 Å². The summed E-state index contributed by atoms with van der Waals surface area (Å²) in [4.78, 5) is 0. The first-order valence-electron chi connectivity index (χ1n) is 4.77. The molecule has 0 aliphatic carbocycles. The first kappa shape index (κ1) is 10.9. The van der Waals surface area contributed by atoms with Crippen LogP contribution in [0, 0.1) is 5.92 Å². The zero-order valence-electron chi connectivity index (χ0n) is 8.57. The standard InChI is InChI=1S/C11H17NO2/c1-7(2)10(12)5-8-3-4-9(13)6-11(8)14/h3-4,6-7,10,13-14H,5,12H2,1-2H3. The molecule has 3 nitrogen and oxygen atoms in total. The summed E-state index contributed by atoms with van der Waals surface area (Å²) in [6.07, 6.45) is 0.629. The van der Waals surface area contributed by atoms with Crippen LogP contribution in [0.3, 0.4) is 0 Å². The Kier molecular flexibility index (Phi) is 3.36. The fraction of sp³-hybridized carbons (Fsp3) is 0.455. The molecule has 4 N–H and O–H groups in total. The molecule has 0 spiro atoms. The van der Waals surface area contributed by atoms with Crippen LogP contribution in [0.25, 0.3) is 0 Å². The summed E-state index contributed by atoms with van der Waals surface area (Å²) in [5.41, 5.74) is 6.66. The minimum Gasteiger partial charge on any atom is -0.508 e. The fourth-order valence-electron chi connectivity index (χ4n) is 1.21. The van der Waals surface area contributed by atoms with Crippen LogP contribution in [0.2, 0.25) is 0 Å². The van der Waals surface area contributed by atoms with Gasteiger partial charge < -0.3 is 15.9 Å². The van der Waals surface area contributed by atoms with Crippen molar-refractivity contribution in [1.29, 1.82) is 0 Å². The first-order chi connectivity index (χ1) is 6.50. The zero-order valence-corrected chi connectivity index (χ0v) is 8.57. The third-order valence-electron chi connectivity index (χ3n) is 2.38. The van der Waals surface area contributed by atoms with E-state index < -0.39 is 0 Å². The van der Waals surface area contributed by atoms with E-state index in [1.54, 1.807) is 12.1 Å². The summed E-state index contributed by atoms with van der Waals surface area (Å²) in [6.45, 7) is 4.09. The molecule has 0 bridgehead atoms. The van der Waals surface area contributed by atoms with E-state index in [4.69, 9.17) is 10.8 Å². The van der Waals surface area contributed by atoms with Gasteiger partial charge in [0.1, 0.15) is 11.5 Å². The zero-order chi connectivity index (χ0) is 10.7. The van der Waals surface area contributed by atoms with Crippen molar-refractivity contribution in [1.82, 2.24) is 0 Å². The van der Waals surface area contributed by atoms with Gasteiger partial charge in [0.2, 0.25) is 0 Å². The normalized spacial score (nSPS) is 13.1. The summed E-state index contributed by atoms with van der Waals surface area (Å²) in [5, 5.41) is 18.6. The van der Waals surface area contributed by atoms with Gasteiger partial charge in [-0.3, -0.25) is 0 Å². The molecule has 0 amide bonds. The topological polar surface area (TPSA) is 66.5 Å². The van der Waals surface area contributed by atoms with Gasteiger partial charge in [-0.15, -0.1) is 0 Å². The van der Waals surface area contributed by atoms with E-state index in [-0.39, 0.29) is 17.5 Å². The monoisotopic (exact) mass is 195 g/mol. The fourth-order valence-corrected chi connectivity index (χ4v) is 1.21. The number of aromatic hydroxyl groups is 2. The molecule has 0 aromatic heterocycles. The van der Waals surface area contributed by atoms with E-state index in [0.29, 0.717) is 12.3 Å². The van der Waals surface area contributed by atoms with E-state index in [9.17, 15) is 5.11 Å². The molecular weight excluding hydrogens is 178 g/mol. The molecular formula is C11H17NO2. The lowest BCUT2D eigenvalue weighted by atomic mass is 9.97. The van der Waals surface area contributed by atoms with E-state index >= 15 is 0 Å². The Labute approximate surface area is 84.2 Å². The van der Waals surface area contributed by atoms with Crippen LogP contribution in [0.15, 0.2) is 18.2 Å². The Balaban J connectivity index is 2.77. The Bertz CT molecular complexity index is 310. The summed E-state index contributed by atoms with van der Waals surface area (Å²) < 4.78 is 0. The van der Waals surface area contributed by atoms with Crippen LogP contribution in [0.1, 0.15) is 19.4 Å². The Morgan fingerprint density at radius 2 is 1.93 bits per heavy atom. The molecule has 0 aliphatic rings. The van der Waals surface area contributed by atoms with Crippen LogP contribution in [-0.2, 0) is 6.42 Å². The minimum atomic E-state index is 0.0328. The lowest BCUT2D eigenvalue weighted by Crippen LogP contribution is -2.28. The van der Waals surface area contributed by atoms with E-state index in [2.05, 4.69) is 0 Å². The number of phenols is 2. The molecule has 3 heteroatoms. The van der Waals surface area contributed by atoms with Crippen molar-refractivity contribution in [3.8, 4) is 11.5 Å². The molecule has 0 fully saturated rings. The molecule has 0 radical (unpaired) electrons. The van der Waals surface area contributed by atoms with Crippen molar-refractivity contribution in [3.05, 3.63) is 23.8 Å². The van der Waals surface area contributed by atoms with Crippen LogP contribution >= 0.6 is 0 Å². The molecule has 78 valence electrons. The van der Waals surface area contributed by atoms with Gasteiger partial charge in [-0.2, -0.15) is 0 Å². The predicted octanol–water partition coefficient (Wildman–Crippen LogP) is 1.62. The van der Waals surface area contributed by atoms with Crippen molar-refractivity contribution in [2.45, 2.75) is 26.3 Å². The molecule has 1 unspecified atom stereocenters. The number of hydrogen-bond acceptors (Lipinski definition) is 3. The number of nitrogens with two attached hydrogens (primary N) is 1. The van der Waals surface area contributed by atoms with Crippen LogP contribution in [-0.4, -0.2) is 16.3 Å². The van der Waals surface area contributed by atoms with Gasteiger partial charge in [0, 0.05) is 12.1 Å². The SMILES string of the molecule is CC(C)C(N)Cc1ccc(O)cc1O. The molecule has 0 saturated heterocycles. The summed E-state index contributed by atoms with van der Waals surface area (Å²) in [7, 11) is 0. The van der Waals surface area contributed by atoms with Gasteiger partial charge in [0.25, 0.3) is 0 Å². The average Bonchev–Trinajstić information content (AvgIpc) is 2.09. The lowest BCUT2D eigenvalue weighted by molar-refractivity contribution is 0.435. The molecule has 1 aromatic carbocycles. The average molecular weight is 195 g/mol. The van der Waals surface area contributed by atoms with E-state index in [0.717, 1.165) is 5.56 Å². The Morgan fingerprint density at radius 1 is 1.29 bits per heavy atom. The van der Waals surface area contributed by atoms with Gasteiger partial charge in [-0.05, 0) is 24.0 Å². The summed E-state index contributed by atoms with van der Waals surface area (Å²) >= 11 is 0. The third-order valence-corrected chi connectivity index (χ3v) is 2.38. The Hall–Kier alpha value is -1.22. The molecule has 0 saturated carbocycles. The van der Waals surface area contributed by atoms with Crippen molar-refractivity contribution >= 4 is 0 Å². The first-order valence-corrected chi connectivity index (χ1v) is 4.77. The molecule has 0 aliphatic heterocycles. The molecule has 1 atom stereocenters. The maximum absolute atomic E-state index is 9.51. The van der Waals surface area contributed by atoms with Gasteiger partial charge in [-0.25, -0.2) is 0 Å². The minimum absolute atomic E-state index is 0.0328. The molecule has 0 heterocycles. The highest BCUT2D eigenvalue weighted by molar-refractivity contribution is 5.39. The quantitative estimate of drug-likeness (QED) is 0.686. The molecule has 1 aromatic rings. The van der Waals surface area contributed by atoms with Crippen molar-refractivity contribution in [2.75, 3.05) is 0 Å². The maximum Gasteiger partial charge on any atom is 0.122 e. The van der Waals surface area contributed by atoms with Crippen molar-refractivity contribution in [3.63, 3.8) is 0 Å². The summed E-state index contributed by atoms with van der Waals surface area (Å²) in [5.74, 6) is 0.564. The highest BCUT2D eigenvalue weighted by Gasteiger charge is 2.11. The smallest absolute Gasteiger partial charge is 0.122 e. The van der Waals surface area contributed by atoms with Crippen LogP contribution < -0.4 is 5.73 Å². The lowest BCUT2D eigenvalue weighted by Gasteiger charge is -2.16. The van der Waals surface area contributed by atoms with E-state index in [1.165, 1.54) is 6.07 Å². The second kappa shape index (κ2) is 4.33. The van der Waals surface area contributed by atoms with Gasteiger partial charge in [0.05, 0.1) is 0 Å². The van der Waals surface area contributed by atoms with Crippen LogP contribution in [0.4, 0.5) is 0 Å². The van der Waals surface area contributed by atoms with Gasteiger partial charge in [-0.1, -0.05) is 19.9 Å². The molecule has 1 rings (SSSR count). The number of hydrogen-bond donors (Lipinski definition) is 3. The van der Waals surface area contributed by atoms with Gasteiger partial charge >= 0.3 is 0 Å². The second-order valence-electron chi connectivity index (χ2n) is 3.93. The van der Waals surface area contributed by atoms with Gasteiger partial charge in [0.15, 0.2) is 0 Å². The molecule has 14 heavy (non-hydrogen) atoms.